The Labute approximate surface area is 213 Å². The normalized spacial score (nSPS) is 50.2. The Kier molecular flexibility index (Phi) is 5.47. The molecule has 8 atom stereocenters. The molecule has 0 aromatic heterocycles. The molecule has 5 aliphatic carbocycles. The van der Waals surface area contributed by atoms with Crippen LogP contribution in [-0.2, 0) is 14.3 Å². The van der Waals surface area contributed by atoms with Gasteiger partial charge in [-0.05, 0) is 110 Å². The molecule has 0 aromatic rings. The summed E-state index contributed by atoms with van der Waals surface area (Å²) >= 11 is 0. The van der Waals surface area contributed by atoms with E-state index >= 15 is 0 Å². The van der Waals surface area contributed by atoms with Crippen molar-refractivity contribution < 1.29 is 14.3 Å². The van der Waals surface area contributed by atoms with Crippen LogP contribution >= 0.6 is 0 Å². The third-order valence-corrected chi connectivity index (χ3v) is 12.6. The summed E-state index contributed by atoms with van der Waals surface area (Å²) in [5, 5.41) is 0. The fourth-order valence-electron chi connectivity index (χ4n) is 10.3. The van der Waals surface area contributed by atoms with Crippen molar-refractivity contribution in [2.45, 2.75) is 107 Å². The fraction of sp³-hybridized carbons (Fsp3) is 0.812. The standard InChI is InChI=1S/C32H48O3/c1-9-35-26(34)29(5)16-15-28(4)17-18-31(7)21(22(28)20-29)19-23(33)25-30(6)13-10-12-27(2,3)24(30)11-14-32(25,31)8/h10,12,19,22,24-25H,9,11,13-18,20H2,1-8H3/t22-,24-,25+,28+,29-,30-,31+,32+/m0/s1. The third kappa shape index (κ3) is 3.21. The van der Waals surface area contributed by atoms with Gasteiger partial charge in [-0.25, -0.2) is 0 Å². The van der Waals surface area contributed by atoms with Gasteiger partial charge in [-0.1, -0.05) is 59.3 Å². The number of fused-ring (bicyclic) bond motifs is 7. The Balaban J connectivity index is 1.60. The van der Waals surface area contributed by atoms with E-state index in [0.29, 0.717) is 18.3 Å². The Hall–Kier alpha value is -1.38. The van der Waals surface area contributed by atoms with Gasteiger partial charge in [-0.15, -0.1) is 0 Å². The largest absolute Gasteiger partial charge is 0.466 e. The molecule has 3 saturated carbocycles. The fourth-order valence-corrected chi connectivity index (χ4v) is 10.3. The molecule has 0 bridgehead atoms. The van der Waals surface area contributed by atoms with E-state index in [0.717, 1.165) is 38.5 Å². The first-order chi connectivity index (χ1) is 16.2. The summed E-state index contributed by atoms with van der Waals surface area (Å²) in [5.74, 6) is 1.20. The number of ether oxygens (including phenoxy) is 1. The van der Waals surface area contributed by atoms with Gasteiger partial charge in [0.25, 0.3) is 0 Å². The van der Waals surface area contributed by atoms with Crippen LogP contribution in [-0.4, -0.2) is 18.4 Å². The first-order valence-electron chi connectivity index (χ1n) is 14.3. The number of hydrogen-bond acceptors (Lipinski definition) is 3. The van der Waals surface area contributed by atoms with E-state index in [4.69, 9.17) is 4.74 Å². The second-order valence-corrected chi connectivity index (χ2v) is 14.9. The molecule has 5 aliphatic rings. The molecule has 0 aromatic carbocycles. The molecule has 0 unspecified atom stereocenters. The zero-order valence-electron chi connectivity index (χ0n) is 23.6. The van der Waals surface area contributed by atoms with Crippen molar-refractivity contribution >= 4 is 11.8 Å². The number of esters is 1. The molecule has 0 heterocycles. The smallest absolute Gasteiger partial charge is 0.311 e. The van der Waals surface area contributed by atoms with Crippen LogP contribution in [0, 0.1) is 50.2 Å². The number of ketones is 1. The molecule has 3 nitrogen and oxygen atoms in total. The lowest BCUT2D eigenvalue weighted by Crippen LogP contribution is -2.65. The van der Waals surface area contributed by atoms with E-state index in [9.17, 15) is 9.59 Å². The van der Waals surface area contributed by atoms with Crippen LogP contribution < -0.4 is 0 Å². The minimum Gasteiger partial charge on any atom is -0.466 e. The van der Waals surface area contributed by atoms with Gasteiger partial charge in [-0.2, -0.15) is 0 Å². The maximum atomic E-state index is 14.3. The molecular weight excluding hydrogens is 432 g/mol. The Morgan fingerprint density at radius 1 is 1.00 bits per heavy atom. The lowest BCUT2D eigenvalue weighted by atomic mass is 9.34. The molecule has 0 aliphatic heterocycles. The van der Waals surface area contributed by atoms with E-state index in [-0.39, 0.29) is 44.9 Å². The third-order valence-electron chi connectivity index (χ3n) is 12.6. The lowest BCUT2D eigenvalue weighted by Gasteiger charge is -2.69. The van der Waals surface area contributed by atoms with Crippen LogP contribution in [0.4, 0.5) is 0 Å². The van der Waals surface area contributed by atoms with Crippen molar-refractivity contribution in [1.29, 1.82) is 0 Å². The van der Waals surface area contributed by atoms with Gasteiger partial charge >= 0.3 is 5.97 Å². The van der Waals surface area contributed by atoms with E-state index in [1.807, 2.05) is 6.92 Å². The summed E-state index contributed by atoms with van der Waals surface area (Å²) in [5.41, 5.74) is 1.18. The zero-order chi connectivity index (χ0) is 25.7. The minimum absolute atomic E-state index is 0.000134. The first-order valence-corrected chi connectivity index (χ1v) is 14.3. The van der Waals surface area contributed by atoms with Crippen molar-refractivity contribution in [3.63, 3.8) is 0 Å². The Bertz CT molecular complexity index is 1000. The second-order valence-electron chi connectivity index (χ2n) is 14.9. The van der Waals surface area contributed by atoms with Crippen molar-refractivity contribution in [2.75, 3.05) is 6.61 Å². The summed E-state index contributed by atoms with van der Waals surface area (Å²) < 4.78 is 5.55. The molecule has 3 fully saturated rings. The Morgan fingerprint density at radius 2 is 1.69 bits per heavy atom. The van der Waals surface area contributed by atoms with Crippen molar-refractivity contribution in [1.82, 2.24) is 0 Å². The highest BCUT2D eigenvalue weighted by atomic mass is 16.5. The van der Waals surface area contributed by atoms with Gasteiger partial charge in [0.1, 0.15) is 0 Å². The zero-order valence-corrected chi connectivity index (χ0v) is 23.6. The highest BCUT2D eigenvalue weighted by Gasteiger charge is 2.69. The molecule has 5 rings (SSSR count). The highest BCUT2D eigenvalue weighted by molar-refractivity contribution is 5.95. The summed E-state index contributed by atoms with van der Waals surface area (Å²) in [6, 6.07) is 0. The van der Waals surface area contributed by atoms with Crippen LogP contribution in [0.25, 0.3) is 0 Å². The number of allylic oxidation sites excluding steroid dienone is 4. The molecule has 194 valence electrons. The van der Waals surface area contributed by atoms with Gasteiger partial charge in [-0.3, -0.25) is 9.59 Å². The predicted molar refractivity (Wildman–Crippen MR) is 141 cm³/mol. The summed E-state index contributed by atoms with van der Waals surface area (Å²) in [7, 11) is 0. The average Bonchev–Trinajstić information content (AvgIpc) is 2.76. The molecule has 0 amide bonds. The van der Waals surface area contributed by atoms with E-state index < -0.39 is 5.41 Å². The van der Waals surface area contributed by atoms with Gasteiger partial charge in [0.05, 0.1) is 12.0 Å². The molecule has 0 spiro atoms. The summed E-state index contributed by atoms with van der Waals surface area (Å²) in [4.78, 5) is 27.3. The van der Waals surface area contributed by atoms with E-state index in [2.05, 4.69) is 66.7 Å². The van der Waals surface area contributed by atoms with Crippen molar-refractivity contribution in [3.8, 4) is 0 Å². The second kappa shape index (κ2) is 7.57. The number of rotatable bonds is 2. The maximum absolute atomic E-state index is 14.3. The predicted octanol–water partition coefficient (Wildman–Crippen LogP) is 7.70. The number of carbonyl (C=O) groups is 2. The monoisotopic (exact) mass is 480 g/mol. The first kappa shape index (κ1) is 25.3. The SMILES string of the molecule is CCOC(=O)[C@@]1(C)CC[C@]2(C)CC[C@]3(C)C(=CC(=O)[C@@H]4[C@@]5(C)CC=CC(C)(C)[C@@H]5CC[C@]43C)[C@@H]2C1. The van der Waals surface area contributed by atoms with Crippen molar-refractivity contribution in [2.24, 2.45) is 50.2 Å². The van der Waals surface area contributed by atoms with E-state index in [1.165, 1.54) is 18.4 Å². The van der Waals surface area contributed by atoms with E-state index in [1.54, 1.807) is 0 Å². The topological polar surface area (TPSA) is 43.4 Å². The molecular formula is C32H48O3. The highest BCUT2D eigenvalue weighted by Crippen LogP contribution is 2.74. The Morgan fingerprint density at radius 3 is 2.37 bits per heavy atom. The van der Waals surface area contributed by atoms with Gasteiger partial charge in [0.15, 0.2) is 5.78 Å². The minimum atomic E-state index is -0.456. The quantitative estimate of drug-likeness (QED) is 0.300. The number of carbonyl (C=O) groups excluding carboxylic acids is 2. The molecule has 0 saturated heterocycles. The number of hydrogen-bond donors (Lipinski definition) is 0. The van der Waals surface area contributed by atoms with Crippen LogP contribution in [0.15, 0.2) is 23.8 Å². The molecule has 3 heteroatoms. The molecule has 0 N–H and O–H groups in total. The lowest BCUT2D eigenvalue weighted by molar-refractivity contribution is -0.175. The van der Waals surface area contributed by atoms with Crippen LogP contribution in [0.5, 0.6) is 0 Å². The maximum Gasteiger partial charge on any atom is 0.311 e. The van der Waals surface area contributed by atoms with Gasteiger partial charge < -0.3 is 4.74 Å². The van der Waals surface area contributed by atoms with Gasteiger partial charge in [0.2, 0.25) is 0 Å². The van der Waals surface area contributed by atoms with Crippen LogP contribution in [0.1, 0.15) is 107 Å². The molecule has 35 heavy (non-hydrogen) atoms. The summed E-state index contributed by atoms with van der Waals surface area (Å²) in [6.07, 6.45) is 15.3. The van der Waals surface area contributed by atoms with Crippen LogP contribution in [0.2, 0.25) is 0 Å². The van der Waals surface area contributed by atoms with Gasteiger partial charge in [0, 0.05) is 5.92 Å². The average molecular weight is 481 g/mol. The molecule has 0 radical (unpaired) electrons. The van der Waals surface area contributed by atoms with Crippen LogP contribution in [0.3, 0.4) is 0 Å². The van der Waals surface area contributed by atoms with Crippen molar-refractivity contribution in [3.05, 3.63) is 23.8 Å². The summed E-state index contributed by atoms with van der Waals surface area (Å²) in [6.45, 7) is 19.0.